The normalized spacial score (nSPS) is 17.0. The molecule has 0 fully saturated rings. The summed E-state index contributed by atoms with van der Waals surface area (Å²) < 4.78 is 11.3. The highest BCUT2D eigenvalue weighted by Gasteiger charge is 2.32. The average molecular weight is 370 g/mol. The molecule has 0 bridgehead atoms. The number of carbonyl (C=O) groups excluding carboxylic acids is 2. The van der Waals surface area contributed by atoms with Gasteiger partial charge < -0.3 is 9.47 Å². The van der Waals surface area contributed by atoms with Crippen LogP contribution in [-0.2, 0) is 4.79 Å². The third kappa shape index (κ3) is 3.58. The second-order valence-corrected chi connectivity index (χ2v) is 6.50. The van der Waals surface area contributed by atoms with E-state index in [4.69, 9.17) is 9.47 Å². The number of benzene rings is 3. The molecule has 0 saturated carbocycles. The molecule has 3 aromatic rings. The van der Waals surface area contributed by atoms with Gasteiger partial charge in [-0.2, -0.15) is 0 Å². The van der Waals surface area contributed by atoms with Gasteiger partial charge in [0.25, 0.3) is 0 Å². The maximum Gasteiger partial charge on any atom is 0.308 e. The number of hydrogen-bond acceptors (Lipinski definition) is 4. The molecule has 1 unspecified atom stereocenters. The molecule has 1 aliphatic rings. The van der Waals surface area contributed by atoms with E-state index in [1.54, 1.807) is 36.4 Å². The second-order valence-electron chi connectivity index (χ2n) is 6.50. The Morgan fingerprint density at radius 3 is 2.50 bits per heavy atom. The highest BCUT2D eigenvalue weighted by atomic mass is 16.5. The average Bonchev–Trinajstić information content (AvgIpc) is 2.70. The van der Waals surface area contributed by atoms with E-state index >= 15 is 0 Å². The van der Waals surface area contributed by atoms with Gasteiger partial charge in [0, 0.05) is 12.5 Å². The Labute approximate surface area is 163 Å². The van der Waals surface area contributed by atoms with Crippen LogP contribution in [0.1, 0.15) is 34.5 Å². The molecule has 28 heavy (non-hydrogen) atoms. The summed E-state index contributed by atoms with van der Waals surface area (Å²) in [5.41, 5.74) is 2.72. The van der Waals surface area contributed by atoms with Crippen LogP contribution in [-0.4, -0.2) is 11.8 Å². The molecule has 1 aliphatic heterocycles. The van der Waals surface area contributed by atoms with Crippen molar-refractivity contribution in [1.29, 1.82) is 0 Å². The number of ketones is 1. The zero-order valence-electron chi connectivity index (χ0n) is 15.3. The topological polar surface area (TPSA) is 52.6 Å². The number of rotatable bonds is 3. The van der Waals surface area contributed by atoms with Crippen molar-refractivity contribution in [2.75, 3.05) is 0 Å². The molecule has 4 rings (SSSR count). The van der Waals surface area contributed by atoms with Gasteiger partial charge in [0.15, 0.2) is 11.9 Å². The molecule has 0 spiro atoms. The summed E-state index contributed by atoms with van der Waals surface area (Å²) in [6.45, 7) is 1.35. The minimum Gasteiger partial charge on any atom is -0.480 e. The first-order chi connectivity index (χ1) is 13.6. The lowest BCUT2D eigenvalue weighted by Crippen LogP contribution is -2.23. The predicted octanol–water partition coefficient (Wildman–Crippen LogP) is 5.01. The molecule has 0 aromatic heterocycles. The second kappa shape index (κ2) is 7.53. The molecule has 0 saturated heterocycles. The molecule has 138 valence electrons. The third-order valence-corrected chi connectivity index (χ3v) is 4.47. The molecule has 0 amide bonds. The van der Waals surface area contributed by atoms with E-state index in [-0.39, 0.29) is 5.78 Å². The van der Waals surface area contributed by atoms with E-state index in [0.717, 1.165) is 11.1 Å². The summed E-state index contributed by atoms with van der Waals surface area (Å²) in [4.78, 5) is 24.5. The molecule has 0 aliphatic carbocycles. The third-order valence-electron chi connectivity index (χ3n) is 4.47. The molecule has 1 heterocycles. The first kappa shape index (κ1) is 17.7. The fourth-order valence-electron chi connectivity index (χ4n) is 3.25. The zero-order chi connectivity index (χ0) is 19.5. The fourth-order valence-corrected chi connectivity index (χ4v) is 3.25. The van der Waals surface area contributed by atoms with Crippen LogP contribution in [0.2, 0.25) is 0 Å². The van der Waals surface area contributed by atoms with Gasteiger partial charge in [0.1, 0.15) is 11.5 Å². The first-order valence-corrected chi connectivity index (χ1v) is 8.97. The smallest absolute Gasteiger partial charge is 0.308 e. The van der Waals surface area contributed by atoms with E-state index in [0.29, 0.717) is 22.6 Å². The standard InChI is InChI=1S/C24H18O4/c1-16(25)27-19-11-7-8-17(14-19)15-21-23(26)20-12-5-6-13-22(20)28-24(21)18-9-3-2-4-10-18/h2-15,24H,1H3/b21-15+. The Morgan fingerprint density at radius 1 is 0.964 bits per heavy atom. The largest absolute Gasteiger partial charge is 0.480 e. The van der Waals surface area contributed by atoms with Crippen LogP contribution in [0.25, 0.3) is 6.08 Å². The van der Waals surface area contributed by atoms with Crippen LogP contribution in [0.3, 0.4) is 0 Å². The van der Waals surface area contributed by atoms with Crippen molar-refractivity contribution >= 4 is 17.8 Å². The lowest BCUT2D eigenvalue weighted by Gasteiger charge is -2.28. The maximum atomic E-state index is 13.2. The van der Waals surface area contributed by atoms with E-state index in [1.165, 1.54) is 6.92 Å². The van der Waals surface area contributed by atoms with Gasteiger partial charge in [-0.15, -0.1) is 0 Å². The summed E-state index contributed by atoms with van der Waals surface area (Å²) >= 11 is 0. The fraction of sp³-hybridized carbons (Fsp3) is 0.0833. The summed E-state index contributed by atoms with van der Waals surface area (Å²) in [5.74, 6) is 0.543. The number of Topliss-reactive ketones (excluding diaryl/α,β-unsaturated/α-hetero) is 1. The van der Waals surface area contributed by atoms with Crippen molar-refractivity contribution in [3.05, 3.63) is 101 Å². The van der Waals surface area contributed by atoms with Gasteiger partial charge in [-0.25, -0.2) is 0 Å². The minimum absolute atomic E-state index is 0.0754. The molecular weight excluding hydrogens is 352 g/mol. The van der Waals surface area contributed by atoms with Crippen molar-refractivity contribution in [3.63, 3.8) is 0 Å². The van der Waals surface area contributed by atoms with Crippen LogP contribution < -0.4 is 9.47 Å². The number of carbonyl (C=O) groups is 2. The Bertz CT molecular complexity index is 1070. The van der Waals surface area contributed by atoms with Crippen LogP contribution in [0, 0.1) is 0 Å². The lowest BCUT2D eigenvalue weighted by atomic mass is 9.89. The van der Waals surface area contributed by atoms with E-state index < -0.39 is 12.1 Å². The van der Waals surface area contributed by atoms with Crippen molar-refractivity contribution in [2.45, 2.75) is 13.0 Å². The van der Waals surface area contributed by atoms with Crippen molar-refractivity contribution in [3.8, 4) is 11.5 Å². The van der Waals surface area contributed by atoms with Crippen LogP contribution in [0.15, 0.2) is 84.4 Å². The van der Waals surface area contributed by atoms with Gasteiger partial charge in [0.2, 0.25) is 0 Å². The Balaban J connectivity index is 1.81. The number of ether oxygens (including phenoxy) is 2. The molecular formula is C24H18O4. The highest BCUT2D eigenvalue weighted by molar-refractivity contribution is 6.14. The lowest BCUT2D eigenvalue weighted by molar-refractivity contribution is -0.131. The maximum absolute atomic E-state index is 13.2. The molecule has 0 N–H and O–H groups in total. The van der Waals surface area contributed by atoms with Gasteiger partial charge in [0.05, 0.1) is 5.56 Å². The van der Waals surface area contributed by atoms with Gasteiger partial charge in [-0.1, -0.05) is 54.6 Å². The summed E-state index contributed by atoms with van der Waals surface area (Å²) in [6.07, 6.45) is 1.28. The van der Waals surface area contributed by atoms with Crippen LogP contribution >= 0.6 is 0 Å². The number of para-hydroxylation sites is 1. The molecule has 1 atom stereocenters. The quantitative estimate of drug-likeness (QED) is 0.369. The molecule has 0 radical (unpaired) electrons. The van der Waals surface area contributed by atoms with Crippen LogP contribution in [0.5, 0.6) is 11.5 Å². The Morgan fingerprint density at radius 2 is 1.71 bits per heavy atom. The van der Waals surface area contributed by atoms with Crippen molar-refractivity contribution < 1.29 is 19.1 Å². The van der Waals surface area contributed by atoms with Gasteiger partial charge in [-0.05, 0) is 41.5 Å². The van der Waals surface area contributed by atoms with Gasteiger partial charge in [-0.3, -0.25) is 9.59 Å². The van der Waals surface area contributed by atoms with Gasteiger partial charge >= 0.3 is 5.97 Å². The first-order valence-electron chi connectivity index (χ1n) is 8.97. The molecule has 3 aromatic carbocycles. The molecule has 4 heteroatoms. The predicted molar refractivity (Wildman–Crippen MR) is 106 cm³/mol. The van der Waals surface area contributed by atoms with E-state index in [2.05, 4.69) is 0 Å². The summed E-state index contributed by atoms with van der Waals surface area (Å²) in [6, 6.07) is 24.0. The Kier molecular flexibility index (Phi) is 4.77. The number of esters is 1. The van der Waals surface area contributed by atoms with Crippen molar-refractivity contribution in [2.24, 2.45) is 0 Å². The summed E-state index contributed by atoms with van der Waals surface area (Å²) in [7, 11) is 0. The monoisotopic (exact) mass is 370 g/mol. The SMILES string of the molecule is CC(=O)Oc1cccc(/C=C2\C(=O)c3ccccc3OC2c2ccccc2)c1. The van der Waals surface area contributed by atoms with E-state index in [9.17, 15) is 9.59 Å². The molecule has 4 nitrogen and oxygen atoms in total. The minimum atomic E-state index is -0.513. The zero-order valence-corrected chi connectivity index (χ0v) is 15.3. The number of hydrogen-bond donors (Lipinski definition) is 0. The van der Waals surface area contributed by atoms with E-state index in [1.807, 2.05) is 48.5 Å². The Hall–Kier alpha value is -3.66. The van der Waals surface area contributed by atoms with Crippen molar-refractivity contribution in [1.82, 2.24) is 0 Å². The summed E-state index contributed by atoms with van der Waals surface area (Å²) in [5, 5.41) is 0. The van der Waals surface area contributed by atoms with Crippen LogP contribution in [0.4, 0.5) is 0 Å². The highest BCUT2D eigenvalue weighted by Crippen LogP contribution is 2.39. The number of fused-ring (bicyclic) bond motifs is 1.